The highest BCUT2D eigenvalue weighted by Crippen LogP contribution is 2.50. The first-order valence-corrected chi connectivity index (χ1v) is 11.5. The van der Waals surface area contributed by atoms with E-state index in [1.807, 2.05) is 25.2 Å². The van der Waals surface area contributed by atoms with Gasteiger partial charge in [-0.15, -0.1) is 5.10 Å². The summed E-state index contributed by atoms with van der Waals surface area (Å²) in [4.78, 5) is 14.6. The van der Waals surface area contributed by atoms with Gasteiger partial charge < -0.3 is 24.3 Å². The van der Waals surface area contributed by atoms with Gasteiger partial charge in [0.15, 0.2) is 17.3 Å². The summed E-state index contributed by atoms with van der Waals surface area (Å²) >= 11 is 0. The Kier molecular flexibility index (Phi) is 6.51. The van der Waals surface area contributed by atoms with E-state index in [-0.39, 0.29) is 18.7 Å². The van der Waals surface area contributed by atoms with Crippen LogP contribution in [0.4, 0.5) is 0 Å². The van der Waals surface area contributed by atoms with Crippen LogP contribution in [-0.4, -0.2) is 78.8 Å². The number of hydrogen-bond acceptors (Lipinski definition) is 9. The van der Waals surface area contributed by atoms with Gasteiger partial charge in [0.1, 0.15) is 6.04 Å². The average Bonchev–Trinajstić information content (AvgIpc) is 3.55. The van der Waals surface area contributed by atoms with Crippen LogP contribution in [0.3, 0.4) is 0 Å². The van der Waals surface area contributed by atoms with Crippen LogP contribution in [0.25, 0.3) is 5.69 Å². The molecule has 2 aliphatic heterocycles. The minimum absolute atomic E-state index is 0.133. The quantitative estimate of drug-likeness (QED) is 0.482. The summed E-state index contributed by atoms with van der Waals surface area (Å²) < 4.78 is 23.8. The minimum Gasteiger partial charge on any atom is -0.492 e. The van der Waals surface area contributed by atoms with Gasteiger partial charge >= 0.3 is 0 Å². The third-order valence-corrected chi connectivity index (χ3v) is 6.32. The predicted molar refractivity (Wildman–Crippen MR) is 125 cm³/mol. The zero-order valence-corrected chi connectivity index (χ0v) is 20.0. The van der Waals surface area contributed by atoms with Crippen LogP contribution in [0.2, 0.25) is 0 Å². The van der Waals surface area contributed by atoms with E-state index in [2.05, 4.69) is 25.7 Å². The molecule has 0 radical (unpaired) electrons. The number of aromatic nitrogens is 4. The monoisotopic (exact) mass is 480 g/mol. The van der Waals surface area contributed by atoms with E-state index in [1.54, 1.807) is 31.0 Å². The summed E-state index contributed by atoms with van der Waals surface area (Å²) in [7, 11) is 5.31. The van der Waals surface area contributed by atoms with Crippen molar-refractivity contribution >= 4 is 5.91 Å². The van der Waals surface area contributed by atoms with Crippen LogP contribution in [0.1, 0.15) is 39.8 Å². The van der Waals surface area contributed by atoms with Gasteiger partial charge in [0.2, 0.25) is 12.5 Å². The maximum atomic E-state index is 12.4. The second kappa shape index (κ2) is 9.88. The number of tetrazole rings is 1. The van der Waals surface area contributed by atoms with Crippen molar-refractivity contribution in [1.29, 1.82) is 0 Å². The van der Waals surface area contributed by atoms with Crippen molar-refractivity contribution < 1.29 is 23.7 Å². The van der Waals surface area contributed by atoms with Crippen LogP contribution in [0.15, 0.2) is 30.3 Å². The lowest BCUT2D eigenvalue weighted by molar-refractivity contribution is 0.0948. The molecular formula is C24H28N6O5. The van der Waals surface area contributed by atoms with Crippen molar-refractivity contribution in [3.8, 4) is 22.9 Å². The van der Waals surface area contributed by atoms with E-state index in [9.17, 15) is 4.79 Å². The van der Waals surface area contributed by atoms with Gasteiger partial charge in [-0.3, -0.25) is 9.69 Å². The molecule has 0 saturated carbocycles. The number of fused-ring (bicyclic) bond motifs is 2. The molecule has 1 atom stereocenters. The van der Waals surface area contributed by atoms with Gasteiger partial charge in [-0.05, 0) is 66.2 Å². The number of nitrogens with one attached hydrogen (secondary N) is 1. The van der Waals surface area contributed by atoms with Crippen molar-refractivity contribution in [3.05, 3.63) is 52.8 Å². The normalized spacial score (nSPS) is 16.7. The number of benzene rings is 2. The molecule has 1 N–H and O–H groups in total. The Morgan fingerprint density at radius 3 is 2.83 bits per heavy atom. The third-order valence-electron chi connectivity index (χ3n) is 6.32. The molecule has 0 spiro atoms. The second-order valence-corrected chi connectivity index (χ2v) is 8.45. The van der Waals surface area contributed by atoms with Crippen LogP contribution < -0.4 is 19.5 Å². The largest absolute Gasteiger partial charge is 0.492 e. The summed E-state index contributed by atoms with van der Waals surface area (Å²) in [5.74, 6) is 2.45. The SMILES string of the molecule is COCCCNC(=O)c1ccc(-n2nnnc2[C@@H]2c3c(cc4c(c3OC)OCO4)CCN2C)cc1. The number of nitrogens with zero attached hydrogens (tertiary/aromatic N) is 5. The van der Waals surface area contributed by atoms with Crippen molar-refractivity contribution in [2.24, 2.45) is 0 Å². The summed E-state index contributed by atoms with van der Waals surface area (Å²) in [5.41, 5.74) is 3.40. The van der Waals surface area contributed by atoms with Crippen LogP contribution in [-0.2, 0) is 11.2 Å². The summed E-state index contributed by atoms with van der Waals surface area (Å²) in [5, 5.41) is 15.5. The van der Waals surface area contributed by atoms with Gasteiger partial charge in [0, 0.05) is 37.9 Å². The van der Waals surface area contributed by atoms with E-state index < -0.39 is 0 Å². The van der Waals surface area contributed by atoms with Crippen LogP contribution in [0.5, 0.6) is 17.2 Å². The van der Waals surface area contributed by atoms with Gasteiger partial charge in [-0.2, -0.15) is 4.68 Å². The van der Waals surface area contributed by atoms with Gasteiger partial charge in [0.25, 0.3) is 5.91 Å². The van der Waals surface area contributed by atoms with Crippen molar-refractivity contribution in [1.82, 2.24) is 30.4 Å². The number of rotatable bonds is 8. The smallest absolute Gasteiger partial charge is 0.251 e. The molecule has 0 bridgehead atoms. The molecule has 11 heteroatoms. The maximum absolute atomic E-state index is 12.4. The van der Waals surface area contributed by atoms with Gasteiger partial charge in [-0.1, -0.05) is 0 Å². The lowest BCUT2D eigenvalue weighted by Crippen LogP contribution is -2.35. The molecule has 0 saturated heterocycles. The molecule has 35 heavy (non-hydrogen) atoms. The molecule has 1 aromatic heterocycles. The van der Waals surface area contributed by atoms with Gasteiger partial charge in [0.05, 0.1) is 12.8 Å². The third kappa shape index (κ3) is 4.28. The first kappa shape index (κ1) is 23.1. The standard InChI is InChI=1S/C24H28N6O5/c1-29-11-9-16-13-18-21(35-14-34-18)22(33-3)19(16)20(29)23-26-27-28-30(23)17-7-5-15(6-8-17)24(31)25-10-4-12-32-2/h5-8,13,20H,4,9-12,14H2,1-3H3,(H,25,31)/t20-/m0/s1. The summed E-state index contributed by atoms with van der Waals surface area (Å²) in [6.45, 7) is 2.14. The fraction of sp³-hybridized carbons (Fsp3) is 0.417. The Morgan fingerprint density at radius 1 is 1.23 bits per heavy atom. The second-order valence-electron chi connectivity index (χ2n) is 8.45. The Balaban J connectivity index is 1.46. The van der Waals surface area contributed by atoms with E-state index in [1.165, 1.54) is 0 Å². The predicted octanol–water partition coefficient (Wildman–Crippen LogP) is 1.74. The van der Waals surface area contributed by atoms with Crippen LogP contribution in [0, 0.1) is 0 Å². The molecule has 0 aliphatic carbocycles. The highest BCUT2D eigenvalue weighted by atomic mass is 16.7. The topological polar surface area (TPSA) is 113 Å². The first-order valence-electron chi connectivity index (χ1n) is 11.5. The molecule has 1 amide bonds. The van der Waals surface area contributed by atoms with E-state index in [4.69, 9.17) is 18.9 Å². The lowest BCUT2D eigenvalue weighted by atomic mass is 9.90. The number of carbonyl (C=O) groups excluding carboxylic acids is 1. The molecule has 0 unspecified atom stereocenters. The molecular weight excluding hydrogens is 452 g/mol. The maximum Gasteiger partial charge on any atom is 0.251 e. The molecule has 11 nitrogen and oxygen atoms in total. The van der Waals surface area contributed by atoms with Crippen molar-refractivity contribution in [3.63, 3.8) is 0 Å². The Bertz CT molecular complexity index is 1210. The highest BCUT2D eigenvalue weighted by molar-refractivity contribution is 5.94. The van der Waals surface area contributed by atoms with E-state index >= 15 is 0 Å². The molecule has 2 aliphatic rings. The molecule has 184 valence electrons. The number of likely N-dealkylation sites (N-methyl/N-ethyl adjacent to an activating group) is 1. The first-order chi connectivity index (χ1) is 17.1. The molecule has 2 aromatic carbocycles. The Morgan fingerprint density at radius 2 is 2.06 bits per heavy atom. The van der Waals surface area contributed by atoms with E-state index in [0.29, 0.717) is 41.8 Å². The highest BCUT2D eigenvalue weighted by Gasteiger charge is 2.37. The van der Waals surface area contributed by atoms with Gasteiger partial charge in [-0.25, -0.2) is 0 Å². The fourth-order valence-electron chi connectivity index (χ4n) is 4.58. The molecule has 5 rings (SSSR count). The number of methoxy groups -OCH3 is 2. The Hall–Kier alpha value is -3.70. The average molecular weight is 481 g/mol. The van der Waals surface area contributed by atoms with E-state index in [0.717, 1.165) is 36.2 Å². The molecule has 3 aromatic rings. The summed E-state index contributed by atoms with van der Waals surface area (Å²) in [6.07, 6.45) is 1.60. The number of hydrogen-bond donors (Lipinski definition) is 1. The zero-order chi connectivity index (χ0) is 24.4. The lowest BCUT2D eigenvalue weighted by Gasteiger charge is -2.34. The van der Waals surface area contributed by atoms with Crippen LogP contribution >= 0.6 is 0 Å². The Labute approximate surface area is 202 Å². The fourth-order valence-corrected chi connectivity index (χ4v) is 4.58. The number of ether oxygens (including phenoxy) is 4. The summed E-state index contributed by atoms with van der Waals surface area (Å²) in [6, 6.07) is 8.97. The molecule has 0 fully saturated rings. The molecule has 3 heterocycles. The number of carbonyl (C=O) groups is 1. The number of amides is 1. The minimum atomic E-state index is -0.262. The van der Waals surface area contributed by atoms with Crippen molar-refractivity contribution in [2.45, 2.75) is 18.9 Å². The zero-order valence-electron chi connectivity index (χ0n) is 20.0. The van der Waals surface area contributed by atoms with Crippen molar-refractivity contribution in [2.75, 3.05) is 47.8 Å².